The first kappa shape index (κ1) is 16.1. The quantitative estimate of drug-likeness (QED) is 0.627. The fraction of sp³-hybridized carbons (Fsp3) is 1.00. The summed E-state index contributed by atoms with van der Waals surface area (Å²) in [4.78, 5) is 0. The molecule has 10 heteroatoms. The van der Waals surface area contributed by atoms with E-state index in [2.05, 4.69) is 4.18 Å². The Labute approximate surface area is 118 Å². The molecule has 0 N–H and O–H groups in total. The summed E-state index contributed by atoms with van der Waals surface area (Å²) in [5, 5.41) is 0. The minimum absolute atomic E-state index is 0.205. The van der Waals surface area contributed by atoms with Gasteiger partial charge < -0.3 is 9.47 Å². The molecule has 2 bridgehead atoms. The van der Waals surface area contributed by atoms with E-state index in [4.69, 9.17) is 13.7 Å². The highest BCUT2D eigenvalue weighted by atomic mass is 32.2. The molecule has 1 saturated carbocycles. The number of hydrogen-bond acceptors (Lipinski definition) is 8. The van der Waals surface area contributed by atoms with Gasteiger partial charge in [0.25, 0.3) is 20.2 Å². The third-order valence-electron chi connectivity index (χ3n) is 2.99. The fourth-order valence-electron chi connectivity index (χ4n) is 2.44. The maximum Gasteiger partial charge on any atom is 0.264 e. The summed E-state index contributed by atoms with van der Waals surface area (Å²) >= 11 is 0. The van der Waals surface area contributed by atoms with E-state index >= 15 is 0 Å². The highest BCUT2D eigenvalue weighted by Gasteiger charge is 2.39. The van der Waals surface area contributed by atoms with Crippen molar-refractivity contribution in [3.63, 3.8) is 0 Å². The molecule has 0 spiro atoms. The van der Waals surface area contributed by atoms with Gasteiger partial charge in [-0.3, -0.25) is 8.37 Å². The van der Waals surface area contributed by atoms with Gasteiger partial charge in [0.05, 0.1) is 30.8 Å². The van der Waals surface area contributed by atoms with Crippen LogP contribution in [0, 0.1) is 0 Å². The maximum atomic E-state index is 11.1. The van der Waals surface area contributed by atoms with E-state index in [1.165, 1.54) is 0 Å². The molecular formula is C10H18O8S2. The average molecular weight is 330 g/mol. The van der Waals surface area contributed by atoms with Crippen molar-refractivity contribution >= 4 is 20.2 Å². The molecule has 0 aromatic rings. The van der Waals surface area contributed by atoms with E-state index in [9.17, 15) is 16.8 Å². The number of fused-ring (bicyclic) bond motifs is 2. The van der Waals surface area contributed by atoms with Gasteiger partial charge >= 0.3 is 0 Å². The zero-order chi connectivity index (χ0) is 15.0. The molecule has 2 rings (SSSR count). The molecule has 1 heterocycles. The van der Waals surface area contributed by atoms with Crippen LogP contribution in [-0.2, 0) is 38.1 Å². The van der Waals surface area contributed by atoms with Crippen molar-refractivity contribution < 1.29 is 34.7 Å². The maximum absolute atomic E-state index is 11.1. The van der Waals surface area contributed by atoms with Gasteiger partial charge in [0.15, 0.2) is 6.29 Å². The van der Waals surface area contributed by atoms with Crippen molar-refractivity contribution in [2.75, 3.05) is 19.1 Å². The van der Waals surface area contributed by atoms with Crippen molar-refractivity contribution in [3.8, 4) is 0 Å². The molecule has 1 saturated heterocycles. The second-order valence-corrected chi connectivity index (χ2v) is 8.31. The van der Waals surface area contributed by atoms with Crippen LogP contribution < -0.4 is 0 Å². The van der Waals surface area contributed by atoms with Gasteiger partial charge in [0.2, 0.25) is 0 Å². The summed E-state index contributed by atoms with van der Waals surface area (Å²) in [5.41, 5.74) is 0. The third-order valence-corrected chi connectivity index (χ3v) is 4.18. The van der Waals surface area contributed by atoms with Gasteiger partial charge in [-0.05, 0) is 0 Å². The van der Waals surface area contributed by atoms with Crippen LogP contribution in [0.3, 0.4) is 0 Å². The molecule has 1 aliphatic heterocycles. The predicted molar refractivity (Wildman–Crippen MR) is 67.9 cm³/mol. The Bertz CT molecular complexity index is 526. The first-order valence-corrected chi connectivity index (χ1v) is 9.77. The summed E-state index contributed by atoms with van der Waals surface area (Å²) < 4.78 is 64.6. The largest absolute Gasteiger partial charge is 0.347 e. The van der Waals surface area contributed by atoms with Gasteiger partial charge in [-0.1, -0.05) is 0 Å². The molecule has 8 nitrogen and oxygen atoms in total. The monoisotopic (exact) mass is 330 g/mol. The van der Waals surface area contributed by atoms with Crippen LogP contribution >= 0.6 is 0 Å². The molecule has 118 valence electrons. The molecule has 0 aromatic heterocycles. The van der Waals surface area contributed by atoms with Gasteiger partial charge in [-0.25, -0.2) is 0 Å². The lowest BCUT2D eigenvalue weighted by Gasteiger charge is -2.41. The van der Waals surface area contributed by atoms with Gasteiger partial charge in [0, 0.05) is 19.3 Å². The highest BCUT2D eigenvalue weighted by molar-refractivity contribution is 7.86. The summed E-state index contributed by atoms with van der Waals surface area (Å²) in [5.74, 6) is 0. The minimum Gasteiger partial charge on any atom is -0.347 e. The van der Waals surface area contributed by atoms with E-state index < -0.39 is 32.6 Å². The first-order valence-electron chi connectivity index (χ1n) is 6.14. The second kappa shape index (κ2) is 5.85. The molecule has 0 amide bonds. The van der Waals surface area contributed by atoms with Crippen LogP contribution in [0.15, 0.2) is 0 Å². The molecule has 2 unspecified atom stereocenters. The van der Waals surface area contributed by atoms with Crippen LogP contribution in [0.5, 0.6) is 0 Å². The van der Waals surface area contributed by atoms with E-state index in [-0.39, 0.29) is 18.8 Å². The number of hydrogen-bond donors (Lipinski definition) is 0. The van der Waals surface area contributed by atoms with Crippen LogP contribution in [-0.4, -0.2) is 60.6 Å². The lowest BCUT2D eigenvalue weighted by Crippen LogP contribution is -2.48. The van der Waals surface area contributed by atoms with E-state index in [0.717, 1.165) is 12.5 Å². The molecule has 1 aliphatic carbocycles. The molecule has 20 heavy (non-hydrogen) atoms. The van der Waals surface area contributed by atoms with Gasteiger partial charge in [-0.2, -0.15) is 16.8 Å². The Balaban J connectivity index is 1.88. The standard InChI is InChI=1S/C10H18O8S2/c1-19(11,12)15-6-10-16-7-3-8(17-10)5-9(4-7)18-20(2,13)14/h7-10H,3-6H2,1-2H3. The third kappa shape index (κ3) is 5.26. The SMILES string of the molecule is CS(=O)(=O)OCC1OC2CC(CC(OS(C)(=O)=O)C2)O1. The second-order valence-electron chi connectivity index (χ2n) is 5.06. The van der Waals surface area contributed by atoms with Crippen LogP contribution in [0.4, 0.5) is 0 Å². The van der Waals surface area contributed by atoms with E-state index in [0.29, 0.717) is 19.3 Å². The summed E-state index contributed by atoms with van der Waals surface area (Å²) in [7, 11) is -7.06. The molecule has 0 aromatic carbocycles. The molecule has 0 radical (unpaired) electrons. The molecule has 2 fully saturated rings. The van der Waals surface area contributed by atoms with Gasteiger partial charge in [-0.15, -0.1) is 0 Å². The summed E-state index contributed by atoms with van der Waals surface area (Å²) in [6, 6.07) is 0. The number of ether oxygens (including phenoxy) is 2. The van der Waals surface area contributed by atoms with Crippen molar-refractivity contribution in [2.45, 2.75) is 43.9 Å². The lowest BCUT2D eigenvalue weighted by atomic mass is 9.91. The normalized spacial score (nSPS) is 34.9. The Hall–Kier alpha value is -0.260. The smallest absolute Gasteiger partial charge is 0.264 e. The van der Waals surface area contributed by atoms with E-state index in [1.54, 1.807) is 0 Å². The Morgan fingerprint density at radius 3 is 1.95 bits per heavy atom. The Kier molecular flexibility index (Phi) is 4.72. The van der Waals surface area contributed by atoms with Crippen molar-refractivity contribution in [3.05, 3.63) is 0 Å². The van der Waals surface area contributed by atoms with Crippen molar-refractivity contribution in [1.29, 1.82) is 0 Å². The van der Waals surface area contributed by atoms with Gasteiger partial charge in [0.1, 0.15) is 6.61 Å². The highest BCUT2D eigenvalue weighted by Crippen LogP contribution is 2.32. The zero-order valence-electron chi connectivity index (χ0n) is 11.2. The van der Waals surface area contributed by atoms with Crippen LogP contribution in [0.1, 0.15) is 19.3 Å². The van der Waals surface area contributed by atoms with Crippen LogP contribution in [0.25, 0.3) is 0 Å². The predicted octanol–water partition coefficient (Wildman–Crippen LogP) is -0.399. The Morgan fingerprint density at radius 2 is 1.50 bits per heavy atom. The summed E-state index contributed by atoms with van der Waals surface area (Å²) in [6.07, 6.45) is 1.79. The van der Waals surface area contributed by atoms with Crippen LogP contribution in [0.2, 0.25) is 0 Å². The molecular weight excluding hydrogens is 312 g/mol. The lowest BCUT2D eigenvalue weighted by molar-refractivity contribution is -0.272. The number of rotatable bonds is 5. The minimum atomic E-state index is -3.55. The average Bonchev–Trinajstić information content (AvgIpc) is 2.21. The molecule has 2 aliphatic rings. The molecule has 2 atom stereocenters. The zero-order valence-corrected chi connectivity index (χ0v) is 12.9. The van der Waals surface area contributed by atoms with E-state index in [1.807, 2.05) is 0 Å². The van der Waals surface area contributed by atoms with Crippen molar-refractivity contribution in [1.82, 2.24) is 0 Å². The summed E-state index contributed by atoms with van der Waals surface area (Å²) in [6.45, 7) is -0.205. The topological polar surface area (TPSA) is 105 Å². The van der Waals surface area contributed by atoms with Crippen molar-refractivity contribution in [2.24, 2.45) is 0 Å². The Morgan fingerprint density at radius 1 is 0.950 bits per heavy atom. The fourth-order valence-corrected chi connectivity index (χ4v) is 3.45. The first-order chi connectivity index (χ1) is 9.11.